The van der Waals surface area contributed by atoms with E-state index in [0.29, 0.717) is 6.54 Å². The van der Waals surface area contributed by atoms with Gasteiger partial charge in [-0.2, -0.15) is 0 Å². The number of benzene rings is 1. The molecule has 2 heterocycles. The summed E-state index contributed by atoms with van der Waals surface area (Å²) >= 11 is 5.14. The molecule has 0 radical (unpaired) electrons. The van der Waals surface area contributed by atoms with Crippen LogP contribution in [-0.2, 0) is 11.3 Å². The third-order valence-corrected chi connectivity index (χ3v) is 6.33. The van der Waals surface area contributed by atoms with Crippen molar-refractivity contribution in [2.75, 3.05) is 18.9 Å². The van der Waals surface area contributed by atoms with Gasteiger partial charge < -0.3 is 14.8 Å². The van der Waals surface area contributed by atoms with Crippen LogP contribution in [0.5, 0.6) is 11.5 Å². The van der Waals surface area contributed by atoms with Gasteiger partial charge in [-0.3, -0.25) is 9.69 Å². The normalized spacial score (nSPS) is 17.2. The lowest BCUT2D eigenvalue weighted by molar-refractivity contribution is -0.117. The lowest BCUT2D eigenvalue weighted by Crippen LogP contribution is -2.34. The van der Waals surface area contributed by atoms with Crippen LogP contribution in [0.4, 0.5) is 5.69 Å². The topological polar surface area (TPSA) is 50.8 Å². The Kier molecular flexibility index (Phi) is 4.94. The first-order chi connectivity index (χ1) is 12.5. The van der Waals surface area contributed by atoms with Gasteiger partial charge in [-0.15, -0.1) is 11.3 Å². The summed E-state index contributed by atoms with van der Waals surface area (Å²) in [6.45, 7) is 1.07. The minimum absolute atomic E-state index is 0.0439. The van der Waals surface area contributed by atoms with Gasteiger partial charge in [-0.05, 0) is 54.0 Å². The van der Waals surface area contributed by atoms with E-state index >= 15 is 0 Å². The van der Waals surface area contributed by atoms with Crippen LogP contribution in [-0.4, -0.2) is 30.2 Å². The van der Waals surface area contributed by atoms with Crippen LogP contribution in [0.1, 0.15) is 30.6 Å². The number of fused-ring (bicyclic) bond motifs is 1. The summed E-state index contributed by atoms with van der Waals surface area (Å²) in [7, 11) is 1.94. The standard InChI is InChI=1S/C19H21BrN2O3S/c1-22(10-15-8-13(20)12-26-15)11-18(23)21-14-4-5-16-17(9-14)25-19(24-16)6-2-3-7-19/h4-5,8-9,12H,2-3,6-7,10-11H2,1H3,(H,21,23). The summed E-state index contributed by atoms with van der Waals surface area (Å²) < 4.78 is 13.1. The van der Waals surface area contributed by atoms with Gasteiger partial charge >= 0.3 is 0 Å². The number of carbonyl (C=O) groups excluding carboxylic acids is 1. The SMILES string of the molecule is CN(CC(=O)Nc1ccc2c(c1)OC1(CCCC1)O2)Cc1cc(Br)cs1. The Balaban J connectivity index is 1.34. The molecule has 2 aliphatic rings. The van der Waals surface area contributed by atoms with Crippen LogP contribution in [0.25, 0.3) is 0 Å². The van der Waals surface area contributed by atoms with Crippen LogP contribution in [0.2, 0.25) is 0 Å². The molecule has 1 aromatic carbocycles. The van der Waals surface area contributed by atoms with Crippen molar-refractivity contribution >= 4 is 38.9 Å². The van der Waals surface area contributed by atoms with Crippen molar-refractivity contribution in [1.29, 1.82) is 0 Å². The number of likely N-dealkylation sites (N-methyl/N-ethyl adjacent to an activating group) is 1. The predicted molar refractivity (Wildman–Crippen MR) is 106 cm³/mol. The Morgan fingerprint density at radius 2 is 2.04 bits per heavy atom. The number of carbonyl (C=O) groups is 1. The van der Waals surface area contributed by atoms with E-state index < -0.39 is 5.79 Å². The second kappa shape index (κ2) is 7.21. The van der Waals surface area contributed by atoms with E-state index in [-0.39, 0.29) is 5.91 Å². The Bertz CT molecular complexity index is 817. The highest BCUT2D eigenvalue weighted by molar-refractivity contribution is 9.10. The predicted octanol–water partition coefficient (Wildman–Crippen LogP) is 4.62. The lowest BCUT2D eigenvalue weighted by Gasteiger charge is -2.21. The molecule has 1 fully saturated rings. The fourth-order valence-corrected chi connectivity index (χ4v) is 5.02. The zero-order chi connectivity index (χ0) is 18.1. The zero-order valence-corrected chi connectivity index (χ0v) is 17.0. The minimum atomic E-state index is -0.472. The highest BCUT2D eigenvalue weighted by Gasteiger charge is 2.44. The smallest absolute Gasteiger partial charge is 0.251 e. The number of hydrogen-bond donors (Lipinski definition) is 1. The van der Waals surface area contributed by atoms with Crippen molar-refractivity contribution in [3.05, 3.63) is 39.0 Å². The van der Waals surface area contributed by atoms with Crippen molar-refractivity contribution in [3.63, 3.8) is 0 Å². The van der Waals surface area contributed by atoms with Gasteiger partial charge in [0.25, 0.3) is 5.79 Å². The van der Waals surface area contributed by atoms with E-state index in [4.69, 9.17) is 9.47 Å². The number of halogens is 1. The third kappa shape index (κ3) is 3.89. The number of nitrogens with one attached hydrogen (secondary N) is 1. The molecule has 26 heavy (non-hydrogen) atoms. The average Bonchev–Trinajstić information content (AvgIpc) is 3.28. The monoisotopic (exact) mass is 436 g/mol. The Hall–Kier alpha value is -1.57. The Morgan fingerprint density at radius 3 is 2.77 bits per heavy atom. The number of nitrogens with zero attached hydrogens (tertiary/aromatic N) is 1. The van der Waals surface area contributed by atoms with Crippen LogP contribution in [0, 0.1) is 0 Å². The number of hydrogen-bond acceptors (Lipinski definition) is 5. The molecule has 138 valence electrons. The van der Waals surface area contributed by atoms with E-state index in [0.717, 1.165) is 53.9 Å². The molecule has 1 spiro atoms. The highest BCUT2D eigenvalue weighted by Crippen LogP contribution is 2.47. The number of thiophene rings is 1. The second-order valence-electron chi connectivity index (χ2n) is 6.94. The Labute approximate surface area is 165 Å². The van der Waals surface area contributed by atoms with E-state index in [1.807, 2.05) is 35.5 Å². The summed E-state index contributed by atoms with van der Waals surface area (Å²) in [6.07, 6.45) is 4.11. The summed E-state index contributed by atoms with van der Waals surface area (Å²) in [4.78, 5) is 15.6. The molecule has 1 saturated carbocycles. The molecular formula is C19H21BrN2O3S. The van der Waals surface area contributed by atoms with E-state index in [1.54, 1.807) is 11.3 Å². The quantitative estimate of drug-likeness (QED) is 0.742. The van der Waals surface area contributed by atoms with Gasteiger partial charge in [-0.25, -0.2) is 0 Å². The van der Waals surface area contributed by atoms with Gasteiger partial charge in [0.2, 0.25) is 5.91 Å². The fourth-order valence-electron chi connectivity index (χ4n) is 3.49. The molecule has 1 aliphatic carbocycles. The minimum Gasteiger partial charge on any atom is -0.448 e. The van der Waals surface area contributed by atoms with E-state index in [2.05, 4.69) is 27.3 Å². The summed E-state index contributed by atoms with van der Waals surface area (Å²) in [5.74, 6) is 0.976. The van der Waals surface area contributed by atoms with Gasteiger partial charge in [0.05, 0.1) is 6.54 Å². The lowest BCUT2D eigenvalue weighted by atomic mass is 10.2. The maximum atomic E-state index is 12.3. The zero-order valence-electron chi connectivity index (χ0n) is 14.6. The number of ether oxygens (including phenoxy) is 2. The van der Waals surface area contributed by atoms with Crippen molar-refractivity contribution in [3.8, 4) is 11.5 Å². The molecule has 5 nitrogen and oxygen atoms in total. The van der Waals surface area contributed by atoms with Gasteiger partial charge in [0.15, 0.2) is 11.5 Å². The number of amides is 1. The summed E-state index contributed by atoms with van der Waals surface area (Å²) in [6, 6.07) is 7.68. The summed E-state index contributed by atoms with van der Waals surface area (Å²) in [5, 5.41) is 5.00. The first kappa shape index (κ1) is 17.8. The Morgan fingerprint density at radius 1 is 1.27 bits per heavy atom. The molecule has 0 saturated heterocycles. The first-order valence-electron chi connectivity index (χ1n) is 8.75. The molecular weight excluding hydrogens is 416 g/mol. The number of rotatable bonds is 5. The third-order valence-electron chi connectivity index (χ3n) is 4.65. The van der Waals surface area contributed by atoms with E-state index in [9.17, 15) is 4.79 Å². The highest BCUT2D eigenvalue weighted by atomic mass is 79.9. The molecule has 4 rings (SSSR count). The first-order valence-corrected chi connectivity index (χ1v) is 10.4. The maximum absolute atomic E-state index is 12.3. The molecule has 0 atom stereocenters. The molecule has 1 aliphatic heterocycles. The molecule has 7 heteroatoms. The van der Waals surface area contributed by atoms with Crippen molar-refractivity contribution in [1.82, 2.24) is 4.90 Å². The maximum Gasteiger partial charge on any atom is 0.251 e. The second-order valence-corrected chi connectivity index (χ2v) is 8.85. The van der Waals surface area contributed by atoms with Gasteiger partial charge in [0, 0.05) is 45.9 Å². The molecule has 1 aromatic heterocycles. The largest absolute Gasteiger partial charge is 0.448 e. The van der Waals surface area contributed by atoms with Crippen LogP contribution in [0.3, 0.4) is 0 Å². The molecule has 2 aromatic rings. The van der Waals surface area contributed by atoms with Gasteiger partial charge in [0.1, 0.15) is 0 Å². The van der Waals surface area contributed by atoms with Crippen molar-refractivity contribution < 1.29 is 14.3 Å². The van der Waals surface area contributed by atoms with Crippen LogP contribution < -0.4 is 14.8 Å². The summed E-state index contributed by atoms with van der Waals surface area (Å²) in [5.41, 5.74) is 0.736. The fraction of sp³-hybridized carbons (Fsp3) is 0.421. The van der Waals surface area contributed by atoms with Crippen molar-refractivity contribution in [2.45, 2.75) is 38.0 Å². The van der Waals surface area contributed by atoms with Crippen LogP contribution in [0.15, 0.2) is 34.1 Å². The van der Waals surface area contributed by atoms with Crippen molar-refractivity contribution in [2.24, 2.45) is 0 Å². The molecule has 0 unspecified atom stereocenters. The molecule has 0 bridgehead atoms. The van der Waals surface area contributed by atoms with Gasteiger partial charge in [-0.1, -0.05) is 0 Å². The van der Waals surface area contributed by atoms with Crippen LogP contribution >= 0.6 is 27.3 Å². The molecule has 1 amide bonds. The average molecular weight is 437 g/mol. The molecule has 1 N–H and O–H groups in total. The number of anilines is 1. The van der Waals surface area contributed by atoms with E-state index in [1.165, 1.54) is 4.88 Å².